The fraction of sp³-hybridized carbons (Fsp3) is 1.00. The summed E-state index contributed by atoms with van der Waals surface area (Å²) in [6, 6.07) is 0. The van der Waals surface area contributed by atoms with Crippen molar-refractivity contribution in [3.05, 3.63) is 0 Å². The molecule has 0 bridgehead atoms. The van der Waals surface area contributed by atoms with Gasteiger partial charge in [-0.2, -0.15) is 0 Å². The lowest BCUT2D eigenvalue weighted by atomic mass is 10.1. The summed E-state index contributed by atoms with van der Waals surface area (Å²) >= 11 is 0. The Kier molecular flexibility index (Phi) is 1.66. The zero-order valence-corrected chi connectivity index (χ0v) is 6.47. The number of nitrogens with one attached hydrogen (secondary N) is 1. The average Bonchev–Trinajstić information content (AvgIpc) is 2.71. The van der Waals surface area contributed by atoms with E-state index in [0.717, 1.165) is 19.1 Å². The monoisotopic (exact) mass is 141 g/mol. The molecule has 0 spiro atoms. The highest BCUT2D eigenvalue weighted by Crippen LogP contribution is 2.34. The molecule has 0 aromatic heterocycles. The van der Waals surface area contributed by atoms with Gasteiger partial charge in [0.15, 0.2) is 0 Å². The molecule has 1 heterocycles. The second-order valence-electron chi connectivity index (χ2n) is 3.60. The summed E-state index contributed by atoms with van der Waals surface area (Å²) in [6.45, 7) is 4.31. The molecule has 2 aliphatic rings. The highest BCUT2D eigenvalue weighted by atomic mass is 16.5. The highest BCUT2D eigenvalue weighted by Gasteiger charge is 2.33. The van der Waals surface area contributed by atoms with Crippen LogP contribution in [0.3, 0.4) is 0 Å². The predicted octanol–water partition coefficient (Wildman–Crippen LogP) is 0.978. The summed E-state index contributed by atoms with van der Waals surface area (Å²) in [4.78, 5) is 0. The minimum atomic E-state index is 0.399. The van der Waals surface area contributed by atoms with Gasteiger partial charge in [-0.05, 0) is 24.7 Å². The van der Waals surface area contributed by atoms with Crippen LogP contribution in [-0.2, 0) is 4.74 Å². The zero-order valence-electron chi connectivity index (χ0n) is 6.47. The van der Waals surface area contributed by atoms with Gasteiger partial charge in [0, 0.05) is 6.54 Å². The van der Waals surface area contributed by atoms with Crippen molar-refractivity contribution in [1.82, 2.24) is 5.32 Å². The molecule has 1 N–H and O–H groups in total. The highest BCUT2D eigenvalue weighted by molar-refractivity contribution is 4.83. The molecular weight excluding hydrogens is 126 g/mol. The van der Waals surface area contributed by atoms with Crippen LogP contribution in [0.15, 0.2) is 0 Å². The van der Waals surface area contributed by atoms with Crippen LogP contribution in [0.4, 0.5) is 0 Å². The molecule has 1 aliphatic heterocycles. The fourth-order valence-electron chi connectivity index (χ4n) is 1.40. The van der Waals surface area contributed by atoms with Gasteiger partial charge in [0.05, 0.1) is 6.61 Å². The van der Waals surface area contributed by atoms with Crippen LogP contribution in [0.2, 0.25) is 0 Å². The predicted molar refractivity (Wildman–Crippen MR) is 39.6 cm³/mol. The standard InChI is InChI=1S/C8H15NO/c1-6-4-9-8(10-5-6)7-2-3-7/h6-9H,2-5H2,1H3. The Morgan fingerprint density at radius 1 is 1.40 bits per heavy atom. The maximum absolute atomic E-state index is 5.60. The fourth-order valence-corrected chi connectivity index (χ4v) is 1.40. The molecule has 2 heteroatoms. The Hall–Kier alpha value is -0.0800. The first kappa shape index (κ1) is 6.62. The van der Waals surface area contributed by atoms with Crippen LogP contribution in [0.5, 0.6) is 0 Å². The number of rotatable bonds is 1. The Morgan fingerprint density at radius 3 is 2.70 bits per heavy atom. The zero-order chi connectivity index (χ0) is 6.97. The third-order valence-corrected chi connectivity index (χ3v) is 2.28. The van der Waals surface area contributed by atoms with Crippen molar-refractivity contribution in [2.24, 2.45) is 11.8 Å². The first-order valence-electron chi connectivity index (χ1n) is 4.21. The molecule has 2 rings (SSSR count). The van der Waals surface area contributed by atoms with Gasteiger partial charge in [0.2, 0.25) is 0 Å². The first-order valence-corrected chi connectivity index (χ1v) is 4.21. The quantitative estimate of drug-likeness (QED) is 0.587. The average molecular weight is 141 g/mol. The normalized spacial score (nSPS) is 41.7. The molecular formula is C8H15NO. The topological polar surface area (TPSA) is 21.3 Å². The van der Waals surface area contributed by atoms with E-state index in [0.29, 0.717) is 12.1 Å². The van der Waals surface area contributed by atoms with Gasteiger partial charge in [-0.15, -0.1) is 0 Å². The molecule has 0 radical (unpaired) electrons. The van der Waals surface area contributed by atoms with Crippen molar-refractivity contribution < 1.29 is 4.74 Å². The van der Waals surface area contributed by atoms with Crippen molar-refractivity contribution >= 4 is 0 Å². The van der Waals surface area contributed by atoms with Crippen LogP contribution >= 0.6 is 0 Å². The van der Waals surface area contributed by atoms with Crippen LogP contribution in [0.1, 0.15) is 19.8 Å². The van der Waals surface area contributed by atoms with E-state index < -0.39 is 0 Å². The summed E-state index contributed by atoms with van der Waals surface area (Å²) in [5, 5.41) is 3.41. The SMILES string of the molecule is CC1CNC(C2CC2)OC1. The number of hydrogen-bond donors (Lipinski definition) is 1. The van der Waals surface area contributed by atoms with Crippen molar-refractivity contribution in [2.75, 3.05) is 13.2 Å². The van der Waals surface area contributed by atoms with Crippen LogP contribution < -0.4 is 5.32 Å². The third-order valence-electron chi connectivity index (χ3n) is 2.28. The van der Waals surface area contributed by atoms with Gasteiger partial charge < -0.3 is 4.74 Å². The molecule has 1 saturated heterocycles. The van der Waals surface area contributed by atoms with Gasteiger partial charge in [-0.25, -0.2) is 0 Å². The molecule has 0 amide bonds. The lowest BCUT2D eigenvalue weighted by molar-refractivity contribution is -0.0357. The van der Waals surface area contributed by atoms with Crippen molar-refractivity contribution in [2.45, 2.75) is 26.0 Å². The summed E-state index contributed by atoms with van der Waals surface area (Å²) < 4.78 is 5.60. The maximum atomic E-state index is 5.60. The lowest BCUT2D eigenvalue weighted by Gasteiger charge is -2.28. The van der Waals surface area contributed by atoms with Gasteiger partial charge >= 0.3 is 0 Å². The summed E-state index contributed by atoms with van der Waals surface area (Å²) in [6.07, 6.45) is 3.13. The largest absolute Gasteiger partial charge is 0.363 e. The smallest absolute Gasteiger partial charge is 0.110 e. The third kappa shape index (κ3) is 1.32. The molecule has 1 aliphatic carbocycles. The summed E-state index contributed by atoms with van der Waals surface area (Å²) in [5.74, 6) is 1.54. The molecule has 58 valence electrons. The molecule has 2 nitrogen and oxygen atoms in total. The van der Waals surface area contributed by atoms with E-state index in [1.807, 2.05) is 0 Å². The van der Waals surface area contributed by atoms with Crippen molar-refractivity contribution in [3.8, 4) is 0 Å². The van der Waals surface area contributed by atoms with Crippen LogP contribution in [-0.4, -0.2) is 19.4 Å². The van der Waals surface area contributed by atoms with Crippen molar-refractivity contribution in [3.63, 3.8) is 0 Å². The molecule has 2 fully saturated rings. The Balaban J connectivity index is 1.79. The number of ether oxygens (including phenoxy) is 1. The summed E-state index contributed by atoms with van der Waals surface area (Å²) in [5.41, 5.74) is 0. The lowest BCUT2D eigenvalue weighted by Crippen LogP contribution is -2.43. The van der Waals surface area contributed by atoms with E-state index in [1.54, 1.807) is 0 Å². The minimum Gasteiger partial charge on any atom is -0.363 e. The Labute approximate surface area is 61.9 Å². The molecule has 2 unspecified atom stereocenters. The van der Waals surface area contributed by atoms with E-state index in [9.17, 15) is 0 Å². The van der Waals surface area contributed by atoms with E-state index in [-0.39, 0.29) is 0 Å². The van der Waals surface area contributed by atoms with Crippen LogP contribution in [0, 0.1) is 11.8 Å². The number of hydrogen-bond acceptors (Lipinski definition) is 2. The Bertz CT molecular complexity index is 114. The van der Waals surface area contributed by atoms with E-state index >= 15 is 0 Å². The van der Waals surface area contributed by atoms with Gasteiger partial charge in [0.1, 0.15) is 6.23 Å². The molecule has 1 saturated carbocycles. The molecule has 0 aromatic rings. The van der Waals surface area contributed by atoms with Gasteiger partial charge in [-0.1, -0.05) is 6.92 Å². The van der Waals surface area contributed by atoms with Crippen molar-refractivity contribution in [1.29, 1.82) is 0 Å². The van der Waals surface area contributed by atoms with E-state index in [2.05, 4.69) is 12.2 Å². The Morgan fingerprint density at radius 2 is 2.20 bits per heavy atom. The van der Waals surface area contributed by atoms with E-state index in [1.165, 1.54) is 12.8 Å². The maximum Gasteiger partial charge on any atom is 0.110 e. The van der Waals surface area contributed by atoms with Crippen LogP contribution in [0.25, 0.3) is 0 Å². The second kappa shape index (κ2) is 2.51. The second-order valence-corrected chi connectivity index (χ2v) is 3.60. The first-order chi connectivity index (χ1) is 4.86. The molecule has 2 atom stereocenters. The molecule has 0 aromatic carbocycles. The van der Waals surface area contributed by atoms with Gasteiger partial charge in [0.25, 0.3) is 0 Å². The molecule has 10 heavy (non-hydrogen) atoms. The minimum absolute atomic E-state index is 0.399. The summed E-state index contributed by atoms with van der Waals surface area (Å²) in [7, 11) is 0. The van der Waals surface area contributed by atoms with Gasteiger partial charge in [-0.3, -0.25) is 5.32 Å². The van der Waals surface area contributed by atoms with E-state index in [4.69, 9.17) is 4.74 Å².